The summed E-state index contributed by atoms with van der Waals surface area (Å²) in [5, 5.41) is 0.947. The van der Waals surface area contributed by atoms with Crippen LogP contribution in [0.2, 0.25) is 0 Å². The molecule has 1 N–H and O–H groups in total. The van der Waals surface area contributed by atoms with Crippen LogP contribution in [0.4, 0.5) is 0 Å². The van der Waals surface area contributed by atoms with Gasteiger partial charge in [-0.1, -0.05) is 23.9 Å². The number of nitrogens with zero attached hydrogens (tertiary/aromatic N) is 3. The Balaban J connectivity index is 1.34. The number of hydrogen-bond donors (Lipinski definition) is 1. The van der Waals surface area contributed by atoms with Crippen LogP contribution in [0.5, 0.6) is 0 Å². The van der Waals surface area contributed by atoms with Crippen LogP contribution in [-0.2, 0) is 10.5 Å². The number of thioether (sulfide) groups is 2. The van der Waals surface area contributed by atoms with E-state index in [1.54, 1.807) is 11.8 Å². The van der Waals surface area contributed by atoms with Crippen LogP contribution in [0.3, 0.4) is 0 Å². The molecule has 2 aromatic heterocycles. The van der Waals surface area contributed by atoms with Gasteiger partial charge in [-0.2, -0.15) is 0 Å². The molecule has 0 bridgehead atoms. The van der Waals surface area contributed by atoms with Gasteiger partial charge in [-0.05, 0) is 30.7 Å². The molecule has 1 aliphatic rings. The second-order valence-corrected chi connectivity index (χ2v) is 8.63. The van der Waals surface area contributed by atoms with E-state index in [0.29, 0.717) is 0 Å². The molecule has 1 aliphatic heterocycles. The second-order valence-electron chi connectivity index (χ2n) is 6.53. The van der Waals surface area contributed by atoms with Gasteiger partial charge in [0.05, 0.1) is 29.9 Å². The van der Waals surface area contributed by atoms with E-state index in [4.69, 9.17) is 4.74 Å². The van der Waals surface area contributed by atoms with Crippen molar-refractivity contribution in [2.45, 2.75) is 22.7 Å². The molecular weight excluding hydrogens is 376 g/mol. The van der Waals surface area contributed by atoms with Gasteiger partial charge in [0.2, 0.25) is 0 Å². The van der Waals surface area contributed by atoms with Crippen LogP contribution in [0.25, 0.3) is 11.0 Å². The van der Waals surface area contributed by atoms with Gasteiger partial charge in [0.25, 0.3) is 0 Å². The maximum atomic E-state index is 5.42. The van der Waals surface area contributed by atoms with Gasteiger partial charge in [-0.25, -0.2) is 4.98 Å². The number of pyridine rings is 1. The third-order valence-corrected chi connectivity index (χ3v) is 6.77. The van der Waals surface area contributed by atoms with Crippen LogP contribution in [0.15, 0.2) is 46.6 Å². The number of aromatic amines is 1. The summed E-state index contributed by atoms with van der Waals surface area (Å²) in [4.78, 5) is 16.4. The maximum Gasteiger partial charge on any atom is 0.166 e. The first-order valence-electron chi connectivity index (χ1n) is 9.24. The summed E-state index contributed by atoms with van der Waals surface area (Å²) < 4.78 is 5.42. The molecular formula is C20H24N4OS2. The van der Waals surface area contributed by atoms with Gasteiger partial charge in [0.1, 0.15) is 0 Å². The summed E-state index contributed by atoms with van der Waals surface area (Å²) >= 11 is 3.63. The molecule has 1 saturated heterocycles. The highest BCUT2D eigenvalue weighted by molar-refractivity contribution is 7.99. The molecule has 0 aliphatic carbocycles. The summed E-state index contributed by atoms with van der Waals surface area (Å²) in [7, 11) is 0. The van der Waals surface area contributed by atoms with Crippen molar-refractivity contribution in [1.29, 1.82) is 0 Å². The van der Waals surface area contributed by atoms with Crippen LogP contribution in [0, 0.1) is 6.92 Å². The van der Waals surface area contributed by atoms with Gasteiger partial charge in [-0.15, -0.1) is 11.8 Å². The predicted molar refractivity (Wildman–Crippen MR) is 113 cm³/mol. The fraction of sp³-hybridized carbons (Fsp3) is 0.400. The predicted octanol–water partition coefficient (Wildman–Crippen LogP) is 3.98. The van der Waals surface area contributed by atoms with E-state index in [0.717, 1.165) is 66.2 Å². The smallest absolute Gasteiger partial charge is 0.166 e. The standard InChI is InChI=1S/C20H24N4OS2/c1-15-18(14-27-20-22-16-4-2-3-5-17(16)23-20)21-7-6-19(15)26-13-10-24-8-11-25-12-9-24/h2-7H,8-14H2,1H3,(H,22,23). The Bertz CT molecular complexity index is 860. The van der Waals surface area contributed by atoms with E-state index in [9.17, 15) is 0 Å². The zero-order chi connectivity index (χ0) is 18.5. The first-order chi connectivity index (χ1) is 13.3. The number of para-hydroxylation sites is 2. The first kappa shape index (κ1) is 18.8. The van der Waals surface area contributed by atoms with Crippen molar-refractivity contribution in [3.63, 3.8) is 0 Å². The lowest BCUT2D eigenvalue weighted by molar-refractivity contribution is 0.0410. The number of imidazole rings is 1. The van der Waals surface area contributed by atoms with Crippen molar-refractivity contribution in [1.82, 2.24) is 19.9 Å². The average molecular weight is 401 g/mol. The summed E-state index contributed by atoms with van der Waals surface area (Å²) in [6.45, 7) is 7.12. The molecule has 5 nitrogen and oxygen atoms in total. The molecule has 0 atom stereocenters. The van der Waals surface area contributed by atoms with Crippen molar-refractivity contribution in [2.75, 3.05) is 38.6 Å². The fourth-order valence-corrected chi connectivity index (χ4v) is 5.08. The molecule has 4 rings (SSSR count). The van der Waals surface area contributed by atoms with Crippen molar-refractivity contribution < 1.29 is 4.74 Å². The third kappa shape index (κ3) is 4.85. The SMILES string of the molecule is Cc1c(SCCN2CCOCC2)ccnc1CSc1nc2ccccc2[nH]1. The number of aromatic nitrogens is 3. The molecule has 0 radical (unpaired) electrons. The van der Waals surface area contributed by atoms with E-state index in [1.807, 2.05) is 36.2 Å². The Morgan fingerprint density at radius 1 is 1.15 bits per heavy atom. The van der Waals surface area contributed by atoms with Crippen molar-refractivity contribution in [2.24, 2.45) is 0 Å². The Kier molecular flexibility index (Phi) is 6.34. The molecule has 27 heavy (non-hydrogen) atoms. The van der Waals surface area contributed by atoms with E-state index in [2.05, 4.69) is 38.9 Å². The number of ether oxygens (including phenoxy) is 1. The van der Waals surface area contributed by atoms with Gasteiger partial charge in [-0.3, -0.25) is 9.88 Å². The molecule has 7 heteroatoms. The van der Waals surface area contributed by atoms with E-state index < -0.39 is 0 Å². The molecule has 0 amide bonds. The number of benzene rings is 1. The Hall–Kier alpha value is -1.54. The van der Waals surface area contributed by atoms with Crippen LogP contribution in [0.1, 0.15) is 11.3 Å². The zero-order valence-electron chi connectivity index (χ0n) is 15.5. The summed E-state index contributed by atoms with van der Waals surface area (Å²) in [6.07, 6.45) is 1.93. The largest absolute Gasteiger partial charge is 0.379 e. The number of fused-ring (bicyclic) bond motifs is 1. The van der Waals surface area contributed by atoms with Gasteiger partial charge in [0.15, 0.2) is 5.16 Å². The maximum absolute atomic E-state index is 5.42. The Morgan fingerprint density at radius 3 is 2.85 bits per heavy atom. The number of H-pyrrole nitrogens is 1. The minimum absolute atomic E-state index is 0.823. The van der Waals surface area contributed by atoms with E-state index in [1.165, 1.54) is 10.5 Å². The van der Waals surface area contributed by atoms with E-state index >= 15 is 0 Å². The summed E-state index contributed by atoms with van der Waals surface area (Å²) in [6, 6.07) is 10.3. The van der Waals surface area contributed by atoms with Gasteiger partial charge in [0, 0.05) is 42.2 Å². The van der Waals surface area contributed by atoms with Crippen molar-refractivity contribution in [3.8, 4) is 0 Å². The molecule has 3 aromatic rings. The summed E-state index contributed by atoms with van der Waals surface area (Å²) in [5.41, 5.74) is 4.51. The molecule has 0 saturated carbocycles. The van der Waals surface area contributed by atoms with Crippen LogP contribution < -0.4 is 0 Å². The highest BCUT2D eigenvalue weighted by Gasteiger charge is 2.12. The molecule has 1 aromatic carbocycles. The molecule has 0 unspecified atom stereocenters. The Labute approximate surface area is 168 Å². The summed E-state index contributed by atoms with van der Waals surface area (Å²) in [5.74, 6) is 1.92. The van der Waals surface area contributed by atoms with E-state index in [-0.39, 0.29) is 0 Å². The average Bonchev–Trinajstić information content (AvgIpc) is 3.12. The normalized spacial score (nSPS) is 15.4. The fourth-order valence-electron chi connectivity index (χ4n) is 3.10. The first-order valence-corrected chi connectivity index (χ1v) is 11.2. The quantitative estimate of drug-likeness (QED) is 0.606. The monoisotopic (exact) mass is 400 g/mol. The minimum atomic E-state index is 0.823. The lowest BCUT2D eigenvalue weighted by atomic mass is 10.2. The van der Waals surface area contributed by atoms with Gasteiger partial charge < -0.3 is 9.72 Å². The van der Waals surface area contributed by atoms with Crippen molar-refractivity contribution in [3.05, 3.63) is 47.8 Å². The number of nitrogens with one attached hydrogen (secondary N) is 1. The number of morpholine rings is 1. The van der Waals surface area contributed by atoms with Crippen LogP contribution in [-0.4, -0.2) is 58.5 Å². The lowest BCUT2D eigenvalue weighted by Gasteiger charge is -2.26. The van der Waals surface area contributed by atoms with Crippen LogP contribution >= 0.6 is 23.5 Å². The third-order valence-electron chi connectivity index (χ3n) is 4.74. The highest BCUT2D eigenvalue weighted by atomic mass is 32.2. The molecule has 142 valence electrons. The number of hydrogen-bond acceptors (Lipinski definition) is 6. The van der Waals surface area contributed by atoms with Gasteiger partial charge >= 0.3 is 0 Å². The zero-order valence-corrected chi connectivity index (χ0v) is 17.1. The van der Waals surface area contributed by atoms with Crippen molar-refractivity contribution >= 4 is 34.6 Å². The lowest BCUT2D eigenvalue weighted by Crippen LogP contribution is -2.37. The molecule has 1 fully saturated rings. The number of rotatable bonds is 7. The Morgan fingerprint density at radius 2 is 2.00 bits per heavy atom. The second kappa shape index (κ2) is 9.10. The topological polar surface area (TPSA) is 54.0 Å². The molecule has 0 spiro atoms. The molecule has 3 heterocycles. The highest BCUT2D eigenvalue weighted by Crippen LogP contribution is 2.28. The minimum Gasteiger partial charge on any atom is -0.379 e.